The minimum atomic E-state index is -0.415. The third-order valence-electron chi connectivity index (χ3n) is 5.09. The lowest BCUT2D eigenvalue weighted by molar-refractivity contribution is 0.102. The molecule has 1 aliphatic rings. The average Bonchev–Trinajstić information content (AvgIpc) is 3.14. The van der Waals surface area contributed by atoms with Crippen LogP contribution < -0.4 is 11.0 Å². The van der Waals surface area contributed by atoms with E-state index in [1.54, 1.807) is 24.3 Å². The van der Waals surface area contributed by atoms with Crippen molar-refractivity contribution in [2.24, 2.45) is 0 Å². The fourth-order valence-electron chi connectivity index (χ4n) is 3.63. The molecular formula is C20H22N6O2. The van der Waals surface area contributed by atoms with Gasteiger partial charge in [0, 0.05) is 17.8 Å². The van der Waals surface area contributed by atoms with Crippen LogP contribution in [0.2, 0.25) is 0 Å². The van der Waals surface area contributed by atoms with Crippen molar-refractivity contribution in [1.82, 2.24) is 25.1 Å². The zero-order chi connectivity index (χ0) is 19.5. The lowest BCUT2D eigenvalue weighted by Gasteiger charge is -2.30. The van der Waals surface area contributed by atoms with Gasteiger partial charge in [0.15, 0.2) is 0 Å². The van der Waals surface area contributed by atoms with Crippen LogP contribution >= 0.6 is 0 Å². The number of nitrogens with zero attached hydrogens (tertiary/aromatic N) is 4. The summed E-state index contributed by atoms with van der Waals surface area (Å²) >= 11 is 0. The van der Waals surface area contributed by atoms with Gasteiger partial charge in [-0.3, -0.25) is 4.79 Å². The summed E-state index contributed by atoms with van der Waals surface area (Å²) in [6.45, 7) is 2.15. The quantitative estimate of drug-likeness (QED) is 0.724. The van der Waals surface area contributed by atoms with Crippen molar-refractivity contribution in [2.45, 2.75) is 18.8 Å². The van der Waals surface area contributed by atoms with Gasteiger partial charge in [-0.2, -0.15) is 4.68 Å². The standard InChI is InChI=1S/C20H22N6O2/c1-25-11-3-6-16(13-25)14-4-2-5-15(12-14)19(27)21-17-7-9-18(10-8-17)26-20(28)22-23-24-26/h2,4-5,7-10,12,16H,3,6,11,13H2,1H3,(H,21,27)(H,22,24,28). The van der Waals surface area contributed by atoms with E-state index in [-0.39, 0.29) is 5.91 Å². The maximum atomic E-state index is 12.7. The van der Waals surface area contributed by atoms with Gasteiger partial charge in [-0.05, 0) is 84.7 Å². The predicted molar refractivity (Wildman–Crippen MR) is 106 cm³/mol. The number of nitrogens with one attached hydrogen (secondary N) is 2. The number of piperidine rings is 1. The Labute approximate surface area is 162 Å². The molecule has 1 aromatic heterocycles. The lowest BCUT2D eigenvalue weighted by atomic mass is 9.90. The minimum absolute atomic E-state index is 0.155. The van der Waals surface area contributed by atoms with Crippen LogP contribution in [0.5, 0.6) is 0 Å². The molecule has 1 atom stereocenters. The van der Waals surface area contributed by atoms with Crippen molar-refractivity contribution in [3.8, 4) is 5.69 Å². The van der Waals surface area contributed by atoms with Gasteiger partial charge in [0.05, 0.1) is 5.69 Å². The molecular weight excluding hydrogens is 356 g/mol. The summed E-state index contributed by atoms with van der Waals surface area (Å²) in [6, 6.07) is 14.7. The molecule has 28 heavy (non-hydrogen) atoms. The maximum Gasteiger partial charge on any atom is 0.365 e. The molecule has 1 fully saturated rings. The molecule has 8 nitrogen and oxygen atoms in total. The summed E-state index contributed by atoms with van der Waals surface area (Å²) in [4.78, 5) is 26.6. The molecule has 0 saturated carbocycles. The SMILES string of the molecule is CN1CCCC(c2cccc(C(=O)Nc3ccc(-n4nn[nH]c4=O)cc3)c2)C1. The van der Waals surface area contributed by atoms with E-state index in [1.807, 2.05) is 18.2 Å². The van der Waals surface area contributed by atoms with Crippen LogP contribution in [0.3, 0.4) is 0 Å². The van der Waals surface area contributed by atoms with E-state index in [1.165, 1.54) is 12.0 Å². The maximum absolute atomic E-state index is 12.7. The zero-order valence-corrected chi connectivity index (χ0v) is 15.6. The number of rotatable bonds is 4. The number of carbonyl (C=O) groups excluding carboxylic acids is 1. The van der Waals surface area contributed by atoms with E-state index in [9.17, 15) is 9.59 Å². The lowest BCUT2D eigenvalue weighted by Crippen LogP contribution is -2.30. The highest BCUT2D eigenvalue weighted by Crippen LogP contribution is 2.27. The van der Waals surface area contributed by atoms with Crippen LogP contribution in [0.25, 0.3) is 5.69 Å². The van der Waals surface area contributed by atoms with Gasteiger partial charge in [-0.1, -0.05) is 12.1 Å². The fraction of sp³-hybridized carbons (Fsp3) is 0.300. The summed E-state index contributed by atoms with van der Waals surface area (Å²) in [7, 11) is 2.14. The summed E-state index contributed by atoms with van der Waals surface area (Å²) in [5.41, 5.74) is 2.65. The number of carbonyl (C=O) groups is 1. The number of hydrogen-bond acceptors (Lipinski definition) is 5. The number of benzene rings is 2. The number of aromatic nitrogens is 4. The van der Waals surface area contributed by atoms with Crippen molar-refractivity contribution in [2.75, 3.05) is 25.5 Å². The molecule has 2 N–H and O–H groups in total. The summed E-state index contributed by atoms with van der Waals surface area (Å²) < 4.78 is 1.15. The van der Waals surface area contributed by atoms with Gasteiger partial charge in [0.1, 0.15) is 0 Å². The Morgan fingerprint density at radius 1 is 1.21 bits per heavy atom. The highest BCUT2D eigenvalue weighted by Gasteiger charge is 2.19. The molecule has 0 radical (unpaired) electrons. The zero-order valence-electron chi connectivity index (χ0n) is 15.6. The highest BCUT2D eigenvalue weighted by atomic mass is 16.2. The van der Waals surface area contributed by atoms with E-state index in [2.05, 4.69) is 38.9 Å². The average molecular weight is 378 g/mol. The Morgan fingerprint density at radius 2 is 2.04 bits per heavy atom. The van der Waals surface area contributed by atoms with Gasteiger partial charge in [-0.25, -0.2) is 9.89 Å². The van der Waals surface area contributed by atoms with Gasteiger partial charge in [0.2, 0.25) is 0 Å². The first kappa shape index (κ1) is 18.1. The van der Waals surface area contributed by atoms with Crippen LogP contribution in [0.1, 0.15) is 34.7 Å². The Bertz CT molecular complexity index is 1020. The normalized spacial score (nSPS) is 17.4. The number of likely N-dealkylation sites (N-methyl/N-ethyl adjacent to an activating group) is 1. The molecule has 1 unspecified atom stereocenters. The Balaban J connectivity index is 1.47. The third-order valence-corrected chi connectivity index (χ3v) is 5.09. The predicted octanol–water partition coefficient (Wildman–Crippen LogP) is 2.02. The molecule has 144 valence electrons. The first-order valence-corrected chi connectivity index (χ1v) is 9.31. The molecule has 3 aromatic rings. The van der Waals surface area contributed by atoms with Gasteiger partial charge in [-0.15, -0.1) is 0 Å². The summed E-state index contributed by atoms with van der Waals surface area (Å²) in [5, 5.41) is 12.3. The molecule has 2 heterocycles. The van der Waals surface area contributed by atoms with E-state index in [0.29, 0.717) is 22.9 Å². The number of likely N-dealkylation sites (tertiary alicyclic amines) is 1. The number of H-pyrrole nitrogens is 1. The van der Waals surface area contributed by atoms with Crippen LogP contribution in [0, 0.1) is 0 Å². The van der Waals surface area contributed by atoms with Crippen molar-refractivity contribution in [3.05, 3.63) is 70.1 Å². The fourth-order valence-corrected chi connectivity index (χ4v) is 3.63. The second kappa shape index (κ2) is 7.77. The largest absolute Gasteiger partial charge is 0.365 e. The van der Waals surface area contributed by atoms with Gasteiger partial charge < -0.3 is 10.2 Å². The topological polar surface area (TPSA) is 95.9 Å². The molecule has 0 aliphatic carbocycles. The number of hydrogen-bond donors (Lipinski definition) is 2. The molecule has 2 aromatic carbocycles. The van der Waals surface area contributed by atoms with Crippen LogP contribution in [-0.2, 0) is 0 Å². The Hall–Kier alpha value is -3.26. The molecule has 1 saturated heterocycles. The molecule has 4 rings (SSSR count). The molecule has 0 spiro atoms. The van der Waals surface area contributed by atoms with E-state index in [0.717, 1.165) is 24.2 Å². The summed E-state index contributed by atoms with van der Waals surface area (Å²) in [6.07, 6.45) is 2.33. The second-order valence-corrected chi connectivity index (χ2v) is 7.15. The van der Waals surface area contributed by atoms with Crippen LogP contribution in [0.15, 0.2) is 53.3 Å². The number of tetrazole rings is 1. The smallest absolute Gasteiger partial charge is 0.322 e. The minimum Gasteiger partial charge on any atom is -0.322 e. The second-order valence-electron chi connectivity index (χ2n) is 7.15. The number of amides is 1. The molecule has 1 aliphatic heterocycles. The van der Waals surface area contributed by atoms with Crippen LogP contribution in [0.4, 0.5) is 5.69 Å². The third kappa shape index (κ3) is 3.86. The number of anilines is 1. The molecule has 0 bridgehead atoms. The number of aromatic amines is 1. The monoisotopic (exact) mass is 378 g/mol. The Morgan fingerprint density at radius 3 is 2.75 bits per heavy atom. The first-order chi connectivity index (χ1) is 13.6. The van der Waals surface area contributed by atoms with Crippen molar-refractivity contribution in [1.29, 1.82) is 0 Å². The van der Waals surface area contributed by atoms with Crippen molar-refractivity contribution < 1.29 is 4.79 Å². The van der Waals surface area contributed by atoms with Gasteiger partial charge >= 0.3 is 5.69 Å². The highest BCUT2D eigenvalue weighted by molar-refractivity contribution is 6.04. The first-order valence-electron chi connectivity index (χ1n) is 9.31. The van der Waals surface area contributed by atoms with E-state index < -0.39 is 5.69 Å². The van der Waals surface area contributed by atoms with Crippen molar-refractivity contribution >= 4 is 11.6 Å². The van der Waals surface area contributed by atoms with Crippen LogP contribution in [-0.4, -0.2) is 51.2 Å². The molecule has 1 amide bonds. The molecule has 8 heteroatoms. The van der Waals surface area contributed by atoms with Gasteiger partial charge in [0.25, 0.3) is 5.91 Å². The summed E-state index contributed by atoms with van der Waals surface area (Å²) in [5.74, 6) is 0.309. The van der Waals surface area contributed by atoms with Crippen molar-refractivity contribution in [3.63, 3.8) is 0 Å². The van der Waals surface area contributed by atoms with E-state index in [4.69, 9.17) is 0 Å². The van der Waals surface area contributed by atoms with E-state index >= 15 is 0 Å². The Kier molecular flexibility index (Phi) is 5.03.